The second kappa shape index (κ2) is 9.73. The van der Waals surface area contributed by atoms with Gasteiger partial charge in [0, 0.05) is 13.2 Å². The van der Waals surface area contributed by atoms with Gasteiger partial charge in [-0.25, -0.2) is 10.8 Å². The summed E-state index contributed by atoms with van der Waals surface area (Å²) < 4.78 is 4.91. The van der Waals surface area contributed by atoms with Gasteiger partial charge in [-0.05, 0) is 12.8 Å². The van der Waals surface area contributed by atoms with E-state index in [0.29, 0.717) is 25.2 Å². The Labute approximate surface area is 92.4 Å². The molecule has 0 saturated heterocycles. The third-order valence-electron chi connectivity index (χ3n) is 2.17. The molecular weight excluding hydrogens is 192 g/mol. The van der Waals surface area contributed by atoms with Crippen LogP contribution in [-0.4, -0.2) is 32.3 Å². The van der Waals surface area contributed by atoms with Crippen molar-refractivity contribution in [3.63, 3.8) is 0 Å². The Morgan fingerprint density at radius 1 is 1.47 bits per heavy atom. The second-order valence-corrected chi connectivity index (χ2v) is 3.41. The van der Waals surface area contributed by atoms with Crippen molar-refractivity contribution in [1.82, 2.24) is 10.7 Å². The predicted octanol–water partition coefficient (Wildman–Crippen LogP) is 0.620. The molecule has 0 aliphatic rings. The minimum atomic E-state index is 0.437. The van der Waals surface area contributed by atoms with Crippen LogP contribution >= 0.6 is 0 Å². The van der Waals surface area contributed by atoms with E-state index in [1.54, 1.807) is 7.11 Å². The van der Waals surface area contributed by atoms with Crippen LogP contribution in [0.2, 0.25) is 0 Å². The zero-order valence-corrected chi connectivity index (χ0v) is 10.0. The molecule has 0 aromatic heterocycles. The third-order valence-corrected chi connectivity index (χ3v) is 2.17. The van der Waals surface area contributed by atoms with E-state index in [1.165, 1.54) is 0 Å². The zero-order valence-electron chi connectivity index (χ0n) is 10.0. The highest BCUT2D eigenvalue weighted by molar-refractivity contribution is 5.79. The third kappa shape index (κ3) is 7.16. The molecule has 0 fully saturated rings. The van der Waals surface area contributed by atoms with Crippen LogP contribution in [0.1, 0.15) is 33.1 Å². The number of hydrogen-bond donors (Lipinski definition) is 3. The molecule has 0 aromatic carbocycles. The Hall–Kier alpha value is -0.810. The molecule has 1 unspecified atom stereocenters. The second-order valence-electron chi connectivity index (χ2n) is 3.41. The van der Waals surface area contributed by atoms with Gasteiger partial charge in [0.1, 0.15) is 0 Å². The highest BCUT2D eigenvalue weighted by atomic mass is 16.5. The van der Waals surface area contributed by atoms with Crippen LogP contribution in [0.25, 0.3) is 0 Å². The lowest BCUT2D eigenvalue weighted by molar-refractivity contribution is 0.208. The van der Waals surface area contributed by atoms with Gasteiger partial charge >= 0.3 is 0 Å². The number of rotatable bonds is 7. The normalized spacial score (nSPS) is 13.7. The molecular formula is C10H24N4O. The van der Waals surface area contributed by atoms with E-state index < -0.39 is 0 Å². The Kier molecular flexibility index (Phi) is 9.21. The monoisotopic (exact) mass is 216 g/mol. The van der Waals surface area contributed by atoms with E-state index in [4.69, 9.17) is 10.6 Å². The van der Waals surface area contributed by atoms with Crippen molar-refractivity contribution in [3.05, 3.63) is 0 Å². The number of ether oxygens (including phenoxy) is 1. The Morgan fingerprint density at radius 3 is 2.67 bits per heavy atom. The highest BCUT2D eigenvalue weighted by Gasteiger charge is 2.06. The van der Waals surface area contributed by atoms with Crippen LogP contribution in [0.15, 0.2) is 4.99 Å². The molecule has 5 heteroatoms. The molecule has 0 heterocycles. The van der Waals surface area contributed by atoms with Crippen LogP contribution in [0.4, 0.5) is 0 Å². The van der Waals surface area contributed by atoms with Crippen molar-refractivity contribution in [1.29, 1.82) is 0 Å². The molecule has 0 rings (SSSR count). The molecule has 0 bridgehead atoms. The number of guanidine groups is 1. The number of hydrogen-bond acceptors (Lipinski definition) is 3. The lowest BCUT2D eigenvalue weighted by atomic mass is 10.1. The molecule has 0 saturated carbocycles. The number of nitrogens with zero attached hydrogens (tertiary/aromatic N) is 1. The first-order valence-corrected chi connectivity index (χ1v) is 5.54. The lowest BCUT2D eigenvalue weighted by Crippen LogP contribution is -2.46. The standard InChI is InChI=1S/C10H24N4O/c1-4-6-9(5-2)13-10(14-11)12-7-8-15-3/h9H,4-8,11H2,1-3H3,(H2,12,13,14). The molecule has 0 amide bonds. The quantitative estimate of drug-likeness (QED) is 0.192. The Bertz CT molecular complexity index is 173. The fourth-order valence-corrected chi connectivity index (χ4v) is 1.30. The molecule has 4 N–H and O–H groups in total. The minimum absolute atomic E-state index is 0.437. The van der Waals surface area contributed by atoms with Crippen molar-refractivity contribution in [2.45, 2.75) is 39.2 Å². The van der Waals surface area contributed by atoms with E-state index in [2.05, 4.69) is 29.6 Å². The average Bonchev–Trinajstić information content (AvgIpc) is 2.26. The highest BCUT2D eigenvalue weighted by Crippen LogP contribution is 2.00. The van der Waals surface area contributed by atoms with Gasteiger partial charge in [0.15, 0.2) is 0 Å². The summed E-state index contributed by atoms with van der Waals surface area (Å²) in [4.78, 5) is 4.25. The van der Waals surface area contributed by atoms with Crippen molar-refractivity contribution >= 4 is 5.96 Å². The van der Waals surface area contributed by atoms with Gasteiger partial charge in [-0.15, -0.1) is 0 Å². The van der Waals surface area contributed by atoms with E-state index >= 15 is 0 Å². The van der Waals surface area contributed by atoms with Crippen LogP contribution in [0, 0.1) is 0 Å². The summed E-state index contributed by atoms with van der Waals surface area (Å²) in [5.74, 6) is 6.02. The molecule has 90 valence electrons. The topological polar surface area (TPSA) is 71.7 Å². The first-order valence-electron chi connectivity index (χ1n) is 5.54. The van der Waals surface area contributed by atoms with E-state index in [-0.39, 0.29) is 0 Å². The molecule has 5 nitrogen and oxygen atoms in total. The van der Waals surface area contributed by atoms with Crippen molar-refractivity contribution in [3.8, 4) is 0 Å². The maximum atomic E-state index is 5.37. The molecule has 0 aliphatic heterocycles. The van der Waals surface area contributed by atoms with Gasteiger partial charge in [0.05, 0.1) is 13.2 Å². The van der Waals surface area contributed by atoms with Gasteiger partial charge in [-0.3, -0.25) is 5.43 Å². The first kappa shape index (κ1) is 14.2. The summed E-state index contributed by atoms with van der Waals surface area (Å²) in [5.41, 5.74) is 2.57. The first-order chi connectivity index (χ1) is 7.28. The smallest absolute Gasteiger partial charge is 0.206 e. The van der Waals surface area contributed by atoms with Gasteiger partial charge in [0.25, 0.3) is 0 Å². The zero-order chi connectivity index (χ0) is 11.5. The fraction of sp³-hybridized carbons (Fsp3) is 0.900. The molecule has 0 spiro atoms. The maximum absolute atomic E-state index is 5.37. The van der Waals surface area contributed by atoms with E-state index in [1.807, 2.05) is 0 Å². The van der Waals surface area contributed by atoms with Crippen LogP contribution in [0.3, 0.4) is 0 Å². The summed E-state index contributed by atoms with van der Waals surface area (Å²) >= 11 is 0. The molecule has 0 aliphatic carbocycles. The molecule has 15 heavy (non-hydrogen) atoms. The van der Waals surface area contributed by atoms with Crippen molar-refractivity contribution in [2.24, 2.45) is 10.8 Å². The largest absolute Gasteiger partial charge is 0.383 e. The fourth-order valence-electron chi connectivity index (χ4n) is 1.30. The predicted molar refractivity (Wildman–Crippen MR) is 63.6 cm³/mol. The molecule has 1 atom stereocenters. The molecule has 0 radical (unpaired) electrons. The van der Waals surface area contributed by atoms with E-state index in [9.17, 15) is 0 Å². The van der Waals surface area contributed by atoms with Gasteiger partial charge in [-0.2, -0.15) is 0 Å². The number of nitrogens with one attached hydrogen (secondary N) is 2. The van der Waals surface area contributed by atoms with Crippen molar-refractivity contribution in [2.75, 3.05) is 20.3 Å². The lowest BCUT2D eigenvalue weighted by Gasteiger charge is -2.18. The number of methoxy groups -OCH3 is 1. The van der Waals surface area contributed by atoms with Crippen molar-refractivity contribution < 1.29 is 4.74 Å². The number of hydrazine groups is 1. The van der Waals surface area contributed by atoms with Crippen LogP contribution in [-0.2, 0) is 4.74 Å². The summed E-state index contributed by atoms with van der Waals surface area (Å²) in [5, 5.41) is 3.27. The van der Waals surface area contributed by atoms with Gasteiger partial charge < -0.3 is 10.1 Å². The van der Waals surface area contributed by atoms with Gasteiger partial charge in [-0.1, -0.05) is 20.3 Å². The van der Waals surface area contributed by atoms with Crippen LogP contribution < -0.4 is 16.6 Å². The van der Waals surface area contributed by atoms with Crippen LogP contribution in [0.5, 0.6) is 0 Å². The van der Waals surface area contributed by atoms with E-state index in [0.717, 1.165) is 19.3 Å². The summed E-state index contributed by atoms with van der Waals surface area (Å²) in [7, 11) is 1.66. The summed E-state index contributed by atoms with van der Waals surface area (Å²) in [6.45, 7) is 5.54. The number of aliphatic imine (C=N–C) groups is 1. The minimum Gasteiger partial charge on any atom is -0.383 e. The average molecular weight is 216 g/mol. The Morgan fingerprint density at radius 2 is 2.20 bits per heavy atom. The maximum Gasteiger partial charge on any atom is 0.206 e. The summed E-state index contributed by atoms with van der Waals surface area (Å²) in [6, 6.07) is 0.437. The van der Waals surface area contributed by atoms with Gasteiger partial charge in [0.2, 0.25) is 5.96 Å². The Balaban J connectivity index is 3.98. The summed E-state index contributed by atoms with van der Waals surface area (Å²) in [6.07, 6.45) is 3.35. The SMILES string of the molecule is CCCC(CC)NC(=NCCOC)NN. The number of nitrogens with two attached hydrogens (primary N) is 1. The molecule has 0 aromatic rings.